The fraction of sp³-hybridized carbons (Fsp3) is 0.143. The fourth-order valence-corrected chi connectivity index (χ4v) is 2.18. The number of aryl methyl sites for hydroxylation is 1. The Morgan fingerprint density at radius 3 is 2.77 bits per heavy atom. The van der Waals surface area contributed by atoms with Crippen LogP contribution in [0.2, 0.25) is 0 Å². The maximum absolute atomic E-state index is 9.58. The van der Waals surface area contributed by atoms with Gasteiger partial charge in [-0.05, 0) is 38.8 Å². The molecule has 2 aromatic heterocycles. The largest absolute Gasteiger partial charge is 0.493 e. The molecule has 0 aliphatic carbocycles. The van der Waals surface area contributed by atoms with Gasteiger partial charge in [0.1, 0.15) is 10.3 Å². The average molecular weight is 307 g/mol. The molecule has 2 rings (SSSR count). The minimum absolute atomic E-state index is 0.138. The minimum atomic E-state index is 0.138. The summed E-state index contributed by atoms with van der Waals surface area (Å²) in [6.07, 6.45) is 1.66. The summed E-state index contributed by atoms with van der Waals surface area (Å²) in [7, 11) is 0. The van der Waals surface area contributed by atoms with E-state index in [4.69, 9.17) is 0 Å². The van der Waals surface area contributed by atoms with Gasteiger partial charge in [-0.15, -0.1) is 0 Å². The summed E-state index contributed by atoms with van der Waals surface area (Å²) in [5, 5.41) is 9.58. The second kappa shape index (κ2) is 2.95. The molecular weight excluding hydrogens is 302 g/mol. The number of aromatic nitrogens is 3. The molecule has 4 nitrogen and oxygen atoms in total. The number of nitrogens with zero attached hydrogens (tertiary/aromatic N) is 3. The Balaban J connectivity index is 2.94. The third kappa shape index (κ3) is 1.34. The lowest BCUT2D eigenvalue weighted by Gasteiger charge is -1.97. The molecule has 0 bridgehead atoms. The Kier molecular flexibility index (Phi) is 2.03. The van der Waals surface area contributed by atoms with Crippen molar-refractivity contribution < 1.29 is 5.11 Å². The van der Waals surface area contributed by atoms with Crippen molar-refractivity contribution in [3.8, 4) is 5.88 Å². The lowest BCUT2D eigenvalue weighted by Crippen LogP contribution is -1.89. The summed E-state index contributed by atoms with van der Waals surface area (Å²) < 4.78 is 2.81. The van der Waals surface area contributed by atoms with E-state index in [0.29, 0.717) is 20.5 Å². The van der Waals surface area contributed by atoms with Gasteiger partial charge in [-0.3, -0.25) is 4.40 Å². The van der Waals surface area contributed by atoms with Crippen LogP contribution in [0.25, 0.3) is 5.65 Å². The Bertz CT molecular complexity index is 480. The fourth-order valence-electron chi connectivity index (χ4n) is 1.08. The van der Waals surface area contributed by atoms with Gasteiger partial charge in [0, 0.05) is 6.20 Å². The molecule has 6 heteroatoms. The van der Waals surface area contributed by atoms with E-state index in [1.165, 1.54) is 0 Å². The first-order valence-corrected chi connectivity index (χ1v) is 5.08. The number of hydrogen-bond acceptors (Lipinski definition) is 3. The second-order valence-corrected chi connectivity index (χ2v) is 4.13. The molecule has 68 valence electrons. The average Bonchev–Trinajstić information content (AvgIpc) is 2.32. The third-order valence-electron chi connectivity index (χ3n) is 1.68. The zero-order valence-corrected chi connectivity index (χ0v) is 9.79. The van der Waals surface area contributed by atoms with Crippen LogP contribution in [-0.2, 0) is 0 Å². The molecule has 0 radical (unpaired) electrons. The van der Waals surface area contributed by atoms with Crippen LogP contribution in [0.1, 0.15) is 5.69 Å². The normalized spacial score (nSPS) is 11.0. The van der Waals surface area contributed by atoms with Crippen LogP contribution in [0.5, 0.6) is 5.88 Å². The summed E-state index contributed by atoms with van der Waals surface area (Å²) in [5.41, 5.74) is 1.19. The molecule has 0 saturated heterocycles. The molecule has 0 saturated carbocycles. The molecule has 0 aliphatic heterocycles. The SMILES string of the molecule is Cc1nc2c(Br)nc(Br)cn2c1O. The smallest absolute Gasteiger partial charge is 0.219 e. The maximum Gasteiger partial charge on any atom is 0.219 e. The van der Waals surface area contributed by atoms with E-state index in [-0.39, 0.29) is 5.88 Å². The van der Waals surface area contributed by atoms with Gasteiger partial charge in [0.15, 0.2) is 10.3 Å². The number of aromatic hydroxyl groups is 1. The maximum atomic E-state index is 9.58. The van der Waals surface area contributed by atoms with Crippen molar-refractivity contribution in [2.75, 3.05) is 0 Å². The summed E-state index contributed by atoms with van der Waals surface area (Å²) in [6, 6.07) is 0. The van der Waals surface area contributed by atoms with Crippen molar-refractivity contribution in [2.24, 2.45) is 0 Å². The first-order valence-electron chi connectivity index (χ1n) is 3.49. The van der Waals surface area contributed by atoms with Crippen molar-refractivity contribution in [1.29, 1.82) is 0 Å². The number of imidazole rings is 1. The van der Waals surface area contributed by atoms with E-state index in [9.17, 15) is 5.11 Å². The van der Waals surface area contributed by atoms with Gasteiger partial charge in [-0.25, -0.2) is 9.97 Å². The quantitative estimate of drug-likeness (QED) is 0.812. The third-order valence-corrected chi connectivity index (χ3v) is 2.59. The van der Waals surface area contributed by atoms with Crippen molar-refractivity contribution in [1.82, 2.24) is 14.4 Å². The zero-order chi connectivity index (χ0) is 9.59. The van der Waals surface area contributed by atoms with Crippen LogP contribution in [0.3, 0.4) is 0 Å². The van der Waals surface area contributed by atoms with Gasteiger partial charge in [0.25, 0.3) is 0 Å². The molecule has 2 aromatic rings. The van der Waals surface area contributed by atoms with E-state index in [0.717, 1.165) is 0 Å². The van der Waals surface area contributed by atoms with E-state index in [1.807, 2.05) is 0 Å². The van der Waals surface area contributed by atoms with Crippen molar-refractivity contribution in [2.45, 2.75) is 6.92 Å². The summed E-state index contributed by atoms with van der Waals surface area (Å²) in [6.45, 7) is 1.74. The highest BCUT2D eigenvalue weighted by atomic mass is 79.9. The van der Waals surface area contributed by atoms with Crippen LogP contribution >= 0.6 is 31.9 Å². The standard InChI is InChI=1S/C7H5Br2N3O/c1-3-7(13)12-2-4(8)11-5(9)6(12)10-3/h2,13H,1H3. The molecule has 2 heterocycles. The van der Waals surface area contributed by atoms with Gasteiger partial charge in [0.2, 0.25) is 5.88 Å². The molecule has 0 aliphatic rings. The molecule has 0 aromatic carbocycles. The first kappa shape index (κ1) is 8.96. The predicted molar refractivity (Wildman–Crippen MR) is 54.8 cm³/mol. The first-order chi connectivity index (χ1) is 6.09. The summed E-state index contributed by atoms with van der Waals surface area (Å²) >= 11 is 6.49. The highest BCUT2D eigenvalue weighted by molar-refractivity contribution is 9.11. The van der Waals surface area contributed by atoms with Gasteiger partial charge in [0.05, 0.1) is 0 Å². The number of rotatable bonds is 0. The van der Waals surface area contributed by atoms with E-state index in [2.05, 4.69) is 41.8 Å². The van der Waals surface area contributed by atoms with Crippen LogP contribution in [0.15, 0.2) is 15.4 Å². The molecule has 0 amide bonds. The highest BCUT2D eigenvalue weighted by Crippen LogP contribution is 2.24. The van der Waals surface area contributed by atoms with Crippen molar-refractivity contribution >= 4 is 37.5 Å². The van der Waals surface area contributed by atoms with Gasteiger partial charge < -0.3 is 5.11 Å². The molecule has 0 unspecified atom stereocenters. The lowest BCUT2D eigenvalue weighted by atomic mass is 10.5. The van der Waals surface area contributed by atoms with E-state index < -0.39 is 0 Å². The second-order valence-electron chi connectivity index (χ2n) is 2.57. The van der Waals surface area contributed by atoms with Crippen LogP contribution in [0.4, 0.5) is 0 Å². The summed E-state index contributed by atoms with van der Waals surface area (Å²) in [4.78, 5) is 8.23. The van der Waals surface area contributed by atoms with Gasteiger partial charge >= 0.3 is 0 Å². The van der Waals surface area contributed by atoms with Crippen molar-refractivity contribution in [3.05, 3.63) is 21.1 Å². The Labute approximate surface area is 90.9 Å². The van der Waals surface area contributed by atoms with Crippen LogP contribution in [-0.4, -0.2) is 19.5 Å². The molecule has 1 N–H and O–H groups in total. The monoisotopic (exact) mass is 305 g/mol. The van der Waals surface area contributed by atoms with Crippen LogP contribution in [0, 0.1) is 6.92 Å². The Morgan fingerprint density at radius 2 is 2.08 bits per heavy atom. The van der Waals surface area contributed by atoms with Crippen molar-refractivity contribution in [3.63, 3.8) is 0 Å². The highest BCUT2D eigenvalue weighted by Gasteiger charge is 2.10. The molecule has 13 heavy (non-hydrogen) atoms. The Morgan fingerprint density at radius 1 is 1.38 bits per heavy atom. The summed E-state index contributed by atoms with van der Waals surface area (Å²) in [5.74, 6) is 0.138. The number of hydrogen-bond donors (Lipinski definition) is 1. The minimum Gasteiger partial charge on any atom is -0.493 e. The van der Waals surface area contributed by atoms with Gasteiger partial charge in [-0.1, -0.05) is 0 Å². The number of fused-ring (bicyclic) bond motifs is 1. The molecule has 0 spiro atoms. The van der Waals surface area contributed by atoms with E-state index in [1.54, 1.807) is 17.5 Å². The number of halogens is 2. The molecule has 0 atom stereocenters. The molecule has 0 fully saturated rings. The predicted octanol–water partition coefficient (Wildman–Crippen LogP) is 2.27. The zero-order valence-electron chi connectivity index (χ0n) is 6.62. The van der Waals surface area contributed by atoms with E-state index >= 15 is 0 Å². The topological polar surface area (TPSA) is 50.4 Å². The lowest BCUT2D eigenvalue weighted by molar-refractivity contribution is 0.443. The van der Waals surface area contributed by atoms with Gasteiger partial charge in [-0.2, -0.15) is 0 Å². The Hall–Kier alpha value is -0.620. The van der Waals surface area contributed by atoms with Crippen LogP contribution < -0.4 is 0 Å². The molecular formula is C7H5Br2N3O.